The van der Waals surface area contributed by atoms with Gasteiger partial charge in [-0.15, -0.1) is 0 Å². The van der Waals surface area contributed by atoms with Crippen molar-refractivity contribution in [2.24, 2.45) is 5.92 Å². The average Bonchev–Trinajstić information content (AvgIpc) is 2.67. The Bertz CT molecular complexity index is 633. The Labute approximate surface area is 162 Å². The van der Waals surface area contributed by atoms with Crippen LogP contribution in [0.25, 0.3) is 0 Å². The quantitative estimate of drug-likeness (QED) is 0.578. The van der Waals surface area contributed by atoms with Crippen molar-refractivity contribution in [2.75, 3.05) is 13.2 Å². The fourth-order valence-corrected chi connectivity index (χ4v) is 3.24. The average molecular weight is 373 g/mol. The summed E-state index contributed by atoms with van der Waals surface area (Å²) in [6.45, 7) is 5.37. The van der Waals surface area contributed by atoms with Gasteiger partial charge in [0.05, 0.1) is 25.9 Å². The molecule has 0 radical (unpaired) electrons. The topological polar surface area (TPSA) is 55.8 Å². The molecule has 4 heteroatoms. The molecule has 1 aliphatic carbocycles. The lowest BCUT2D eigenvalue weighted by Gasteiger charge is -2.22. The van der Waals surface area contributed by atoms with Crippen molar-refractivity contribution in [1.29, 1.82) is 0 Å². The summed E-state index contributed by atoms with van der Waals surface area (Å²) in [5, 5.41) is 10.6. The number of aliphatic hydroxyl groups excluding tert-OH is 1. The summed E-state index contributed by atoms with van der Waals surface area (Å²) in [4.78, 5) is 12.4. The Morgan fingerprint density at radius 3 is 2.63 bits per heavy atom. The van der Waals surface area contributed by atoms with E-state index in [1.165, 1.54) is 0 Å². The number of unbranched alkanes of at least 4 members (excludes halogenated alkanes) is 1. The summed E-state index contributed by atoms with van der Waals surface area (Å²) >= 11 is 0. The van der Waals surface area contributed by atoms with Crippen molar-refractivity contribution >= 4 is 5.78 Å². The second-order valence-electron chi connectivity index (χ2n) is 6.97. The Morgan fingerprint density at radius 2 is 1.96 bits per heavy atom. The number of carbonyl (C=O) groups is 1. The van der Waals surface area contributed by atoms with Crippen LogP contribution >= 0.6 is 0 Å². The van der Waals surface area contributed by atoms with E-state index in [9.17, 15) is 9.90 Å². The van der Waals surface area contributed by atoms with Gasteiger partial charge in [-0.3, -0.25) is 4.79 Å². The lowest BCUT2D eigenvalue weighted by molar-refractivity contribution is -0.112. The van der Waals surface area contributed by atoms with Gasteiger partial charge in [0.1, 0.15) is 5.76 Å². The highest BCUT2D eigenvalue weighted by atomic mass is 16.5. The number of ketones is 1. The van der Waals surface area contributed by atoms with Crippen molar-refractivity contribution in [3.8, 4) is 0 Å². The predicted octanol–water partition coefficient (Wildman–Crippen LogP) is 4.58. The number of allylic oxidation sites excluding steroid dienone is 3. The molecule has 0 spiro atoms. The largest absolute Gasteiger partial charge is 0.498 e. The van der Waals surface area contributed by atoms with E-state index in [1.54, 1.807) is 6.08 Å². The standard InChI is InChI=1S/C23H32O4/c1-3-5-11-19(14-20-12-13-21(27-4-2)15-22(20)24)23(25)17-26-16-18-9-7-6-8-10-18/h6-10,14-15,19,23,25H,3-5,11-13,16-17H2,1-2H3/b20-14+. The van der Waals surface area contributed by atoms with Crippen molar-refractivity contribution in [3.63, 3.8) is 0 Å². The van der Waals surface area contributed by atoms with E-state index in [0.29, 0.717) is 19.6 Å². The summed E-state index contributed by atoms with van der Waals surface area (Å²) in [6, 6.07) is 9.93. The van der Waals surface area contributed by atoms with Gasteiger partial charge in [-0.2, -0.15) is 0 Å². The fraction of sp³-hybridized carbons (Fsp3) is 0.522. The number of hydrogen-bond donors (Lipinski definition) is 1. The van der Waals surface area contributed by atoms with Crippen LogP contribution in [0, 0.1) is 5.92 Å². The van der Waals surface area contributed by atoms with Crippen molar-refractivity contribution in [1.82, 2.24) is 0 Å². The lowest BCUT2D eigenvalue weighted by atomic mass is 9.89. The highest BCUT2D eigenvalue weighted by Crippen LogP contribution is 2.25. The summed E-state index contributed by atoms with van der Waals surface area (Å²) in [5.74, 6) is 0.696. The molecular weight excluding hydrogens is 340 g/mol. The van der Waals surface area contributed by atoms with Crippen LogP contribution in [0.4, 0.5) is 0 Å². The van der Waals surface area contributed by atoms with Gasteiger partial charge in [0, 0.05) is 18.4 Å². The molecule has 0 heterocycles. The summed E-state index contributed by atoms with van der Waals surface area (Å²) in [7, 11) is 0. The number of rotatable bonds is 11. The molecule has 0 amide bonds. The zero-order valence-corrected chi connectivity index (χ0v) is 16.5. The molecular formula is C23H32O4. The van der Waals surface area contributed by atoms with E-state index in [4.69, 9.17) is 9.47 Å². The van der Waals surface area contributed by atoms with Gasteiger partial charge < -0.3 is 14.6 Å². The van der Waals surface area contributed by atoms with Gasteiger partial charge in [-0.25, -0.2) is 0 Å². The molecule has 0 fully saturated rings. The SMILES string of the molecule is CCCCC(/C=C1\CCC(OCC)=CC1=O)C(O)COCc1ccccc1. The van der Waals surface area contributed by atoms with E-state index in [0.717, 1.165) is 42.6 Å². The first kappa shape index (κ1) is 21.4. The van der Waals surface area contributed by atoms with Crippen molar-refractivity contribution < 1.29 is 19.4 Å². The molecule has 27 heavy (non-hydrogen) atoms. The number of aliphatic hydroxyl groups is 1. The second-order valence-corrected chi connectivity index (χ2v) is 6.97. The summed E-state index contributed by atoms with van der Waals surface area (Å²) in [5.41, 5.74) is 1.87. The Morgan fingerprint density at radius 1 is 1.19 bits per heavy atom. The van der Waals surface area contributed by atoms with Crippen LogP contribution in [0.1, 0.15) is 51.5 Å². The molecule has 2 rings (SSSR count). The van der Waals surface area contributed by atoms with Gasteiger partial charge >= 0.3 is 0 Å². The monoisotopic (exact) mass is 372 g/mol. The van der Waals surface area contributed by atoms with E-state index >= 15 is 0 Å². The van der Waals surface area contributed by atoms with E-state index < -0.39 is 6.10 Å². The van der Waals surface area contributed by atoms with Gasteiger partial charge in [-0.1, -0.05) is 56.2 Å². The molecule has 0 saturated heterocycles. The molecule has 0 saturated carbocycles. The molecule has 1 aliphatic rings. The van der Waals surface area contributed by atoms with Gasteiger partial charge in [0.15, 0.2) is 5.78 Å². The normalized spacial score (nSPS) is 18.3. The molecule has 1 aromatic carbocycles. The Hall–Kier alpha value is -1.91. The zero-order valence-electron chi connectivity index (χ0n) is 16.5. The minimum Gasteiger partial charge on any atom is -0.498 e. The molecule has 1 aromatic rings. The third-order valence-corrected chi connectivity index (χ3v) is 4.78. The number of carbonyl (C=O) groups excluding carboxylic acids is 1. The van der Waals surface area contributed by atoms with Crippen molar-refractivity contribution in [2.45, 2.75) is 58.7 Å². The lowest BCUT2D eigenvalue weighted by Crippen LogP contribution is -2.25. The van der Waals surface area contributed by atoms with E-state index in [2.05, 4.69) is 6.92 Å². The van der Waals surface area contributed by atoms with E-state index in [-0.39, 0.29) is 18.3 Å². The molecule has 0 bridgehead atoms. The maximum atomic E-state index is 12.4. The highest BCUT2D eigenvalue weighted by molar-refractivity contribution is 6.05. The molecule has 2 atom stereocenters. The predicted molar refractivity (Wildman–Crippen MR) is 107 cm³/mol. The van der Waals surface area contributed by atoms with Crippen molar-refractivity contribution in [3.05, 3.63) is 59.4 Å². The number of hydrogen-bond acceptors (Lipinski definition) is 4. The summed E-state index contributed by atoms with van der Waals surface area (Å²) in [6.07, 6.45) is 7.28. The molecule has 148 valence electrons. The first-order valence-corrected chi connectivity index (χ1v) is 10.0. The maximum Gasteiger partial charge on any atom is 0.184 e. The first-order chi connectivity index (χ1) is 13.1. The molecule has 1 N–H and O–H groups in total. The second kappa shape index (κ2) is 11.7. The third-order valence-electron chi connectivity index (χ3n) is 4.78. The van der Waals surface area contributed by atoms with Gasteiger partial charge in [0.25, 0.3) is 0 Å². The van der Waals surface area contributed by atoms with Crippen LogP contribution < -0.4 is 0 Å². The maximum absolute atomic E-state index is 12.4. The van der Waals surface area contributed by atoms with Crippen LogP contribution in [-0.4, -0.2) is 30.2 Å². The third kappa shape index (κ3) is 7.31. The minimum absolute atomic E-state index is 0.00334. The Balaban J connectivity index is 1.96. The number of benzene rings is 1. The fourth-order valence-electron chi connectivity index (χ4n) is 3.24. The van der Waals surface area contributed by atoms with Gasteiger partial charge in [0.2, 0.25) is 0 Å². The Kier molecular flexibility index (Phi) is 9.29. The van der Waals surface area contributed by atoms with Gasteiger partial charge in [-0.05, 0) is 30.9 Å². The van der Waals surface area contributed by atoms with Crippen LogP contribution in [0.5, 0.6) is 0 Å². The zero-order chi connectivity index (χ0) is 19.5. The summed E-state index contributed by atoms with van der Waals surface area (Å²) < 4.78 is 11.2. The molecule has 4 nitrogen and oxygen atoms in total. The smallest absolute Gasteiger partial charge is 0.184 e. The van der Waals surface area contributed by atoms with Crippen LogP contribution in [0.2, 0.25) is 0 Å². The van der Waals surface area contributed by atoms with Crippen LogP contribution in [0.3, 0.4) is 0 Å². The van der Waals surface area contributed by atoms with Crippen LogP contribution in [0.15, 0.2) is 53.8 Å². The molecule has 2 unspecified atom stereocenters. The highest BCUT2D eigenvalue weighted by Gasteiger charge is 2.22. The van der Waals surface area contributed by atoms with E-state index in [1.807, 2.05) is 43.3 Å². The molecule has 0 aliphatic heterocycles. The molecule has 0 aromatic heterocycles. The van der Waals surface area contributed by atoms with Crippen LogP contribution in [-0.2, 0) is 20.9 Å². The minimum atomic E-state index is -0.613. The number of ether oxygens (including phenoxy) is 2. The first-order valence-electron chi connectivity index (χ1n) is 10.0.